The lowest BCUT2D eigenvalue weighted by Gasteiger charge is -2.17. The van der Waals surface area contributed by atoms with Crippen molar-refractivity contribution in [1.82, 2.24) is 19.7 Å². The van der Waals surface area contributed by atoms with Crippen molar-refractivity contribution in [2.24, 2.45) is 0 Å². The fourth-order valence-corrected chi connectivity index (χ4v) is 5.36. The standard InChI is InChI=1S/C14H16N4O6S2/c1-22-14(19)8-5-18(17-15-8)10-7-24-12-9(6-23-13(10)12)16-26(20,21)11-3-2-4-25-11/h2-5,9-10,12-13,16H,6-7H2,1H3/t9-,10-,12+,13+/m0/s1. The van der Waals surface area contributed by atoms with Crippen molar-refractivity contribution in [2.45, 2.75) is 28.5 Å². The van der Waals surface area contributed by atoms with E-state index in [4.69, 9.17) is 9.47 Å². The van der Waals surface area contributed by atoms with Crippen molar-refractivity contribution >= 4 is 27.3 Å². The molecule has 10 nitrogen and oxygen atoms in total. The van der Waals surface area contributed by atoms with Gasteiger partial charge >= 0.3 is 5.97 Å². The number of aromatic nitrogens is 3. The minimum absolute atomic E-state index is 0.0869. The van der Waals surface area contributed by atoms with Gasteiger partial charge in [-0.2, -0.15) is 0 Å². The lowest BCUT2D eigenvalue weighted by Crippen LogP contribution is -2.43. The summed E-state index contributed by atoms with van der Waals surface area (Å²) in [5, 5.41) is 9.41. The molecule has 0 amide bonds. The number of ether oxygens (including phenoxy) is 3. The Morgan fingerprint density at radius 3 is 2.92 bits per heavy atom. The van der Waals surface area contributed by atoms with Crippen LogP contribution in [0.25, 0.3) is 0 Å². The predicted molar refractivity (Wildman–Crippen MR) is 88.3 cm³/mol. The molecule has 0 spiro atoms. The van der Waals surface area contributed by atoms with Gasteiger partial charge in [0.15, 0.2) is 5.69 Å². The van der Waals surface area contributed by atoms with E-state index >= 15 is 0 Å². The van der Waals surface area contributed by atoms with Gasteiger partial charge in [-0.15, -0.1) is 16.4 Å². The molecule has 2 aromatic rings. The van der Waals surface area contributed by atoms with Gasteiger partial charge in [-0.05, 0) is 11.4 Å². The van der Waals surface area contributed by atoms with E-state index in [-0.39, 0.29) is 29.2 Å². The number of nitrogens with zero attached hydrogens (tertiary/aromatic N) is 3. The van der Waals surface area contributed by atoms with Crippen LogP contribution in [0.15, 0.2) is 27.9 Å². The van der Waals surface area contributed by atoms with Crippen LogP contribution in [0.3, 0.4) is 0 Å². The molecule has 0 unspecified atom stereocenters. The third-order valence-electron chi connectivity index (χ3n) is 4.34. The van der Waals surface area contributed by atoms with Gasteiger partial charge in [-0.3, -0.25) is 0 Å². The van der Waals surface area contributed by atoms with Gasteiger partial charge < -0.3 is 14.2 Å². The maximum absolute atomic E-state index is 12.4. The normalized spacial score (nSPS) is 28.2. The van der Waals surface area contributed by atoms with E-state index in [2.05, 4.69) is 19.8 Å². The van der Waals surface area contributed by atoms with Crippen molar-refractivity contribution in [3.8, 4) is 0 Å². The molecule has 2 fully saturated rings. The van der Waals surface area contributed by atoms with Crippen LogP contribution in [0, 0.1) is 0 Å². The molecule has 4 atom stereocenters. The second kappa shape index (κ2) is 6.70. The number of rotatable bonds is 5. The van der Waals surface area contributed by atoms with Gasteiger partial charge in [0.2, 0.25) is 10.0 Å². The van der Waals surface area contributed by atoms with Crippen molar-refractivity contribution in [3.05, 3.63) is 29.4 Å². The number of hydrogen-bond donors (Lipinski definition) is 1. The SMILES string of the molecule is COC(=O)c1cn([C@H]2CO[C@H]3[C@@H]2OC[C@@H]3NS(=O)(=O)c2cccs2)nn1. The number of nitrogens with one attached hydrogen (secondary N) is 1. The van der Waals surface area contributed by atoms with Gasteiger partial charge in [0.05, 0.1) is 32.6 Å². The Labute approximate surface area is 153 Å². The summed E-state index contributed by atoms with van der Waals surface area (Å²) in [5.41, 5.74) is 0.0869. The first kappa shape index (κ1) is 17.5. The van der Waals surface area contributed by atoms with Gasteiger partial charge in [0.1, 0.15) is 22.5 Å². The molecule has 2 aromatic heterocycles. The van der Waals surface area contributed by atoms with Crippen molar-refractivity contribution in [1.29, 1.82) is 0 Å². The summed E-state index contributed by atoms with van der Waals surface area (Å²) in [6.07, 6.45) is 0.633. The third-order valence-corrected chi connectivity index (χ3v) is 7.23. The molecular weight excluding hydrogens is 384 g/mol. The van der Waals surface area contributed by atoms with Crippen molar-refractivity contribution in [3.63, 3.8) is 0 Å². The highest BCUT2D eigenvalue weighted by Gasteiger charge is 2.50. The summed E-state index contributed by atoms with van der Waals surface area (Å²) >= 11 is 1.15. The highest BCUT2D eigenvalue weighted by Crippen LogP contribution is 2.34. The summed E-state index contributed by atoms with van der Waals surface area (Å²) in [6.45, 7) is 0.464. The van der Waals surface area contributed by atoms with E-state index < -0.39 is 34.2 Å². The lowest BCUT2D eigenvalue weighted by atomic mass is 10.1. The number of carbonyl (C=O) groups excluding carboxylic acids is 1. The Bertz CT molecular complexity index is 896. The van der Waals surface area contributed by atoms with Crippen molar-refractivity contribution < 1.29 is 27.4 Å². The zero-order valence-corrected chi connectivity index (χ0v) is 15.3. The number of carbonyl (C=O) groups is 1. The largest absolute Gasteiger partial charge is 0.464 e. The molecule has 12 heteroatoms. The summed E-state index contributed by atoms with van der Waals surface area (Å²) < 4.78 is 45.3. The monoisotopic (exact) mass is 400 g/mol. The lowest BCUT2D eigenvalue weighted by molar-refractivity contribution is 0.0592. The first-order chi connectivity index (χ1) is 12.5. The van der Waals surface area contributed by atoms with Gasteiger partial charge in [0.25, 0.3) is 0 Å². The molecule has 0 aliphatic carbocycles. The van der Waals surface area contributed by atoms with Crippen LogP contribution < -0.4 is 4.72 Å². The minimum Gasteiger partial charge on any atom is -0.464 e. The molecule has 4 heterocycles. The number of hydrogen-bond acceptors (Lipinski definition) is 9. The third kappa shape index (κ3) is 3.03. The van der Waals surface area contributed by atoms with E-state index in [0.29, 0.717) is 0 Å². The highest BCUT2D eigenvalue weighted by atomic mass is 32.2. The first-order valence-corrected chi connectivity index (χ1v) is 10.1. The molecule has 2 aliphatic rings. The van der Waals surface area contributed by atoms with E-state index in [1.807, 2.05) is 0 Å². The number of thiophene rings is 1. The molecule has 1 N–H and O–H groups in total. The van der Waals surface area contributed by atoms with Gasteiger partial charge in [0, 0.05) is 0 Å². The molecule has 140 valence electrons. The Kier molecular flexibility index (Phi) is 4.52. The van der Waals surface area contributed by atoms with Crippen molar-refractivity contribution in [2.75, 3.05) is 20.3 Å². The average molecular weight is 400 g/mol. The first-order valence-electron chi connectivity index (χ1n) is 7.79. The zero-order chi connectivity index (χ0) is 18.3. The Balaban J connectivity index is 1.48. The number of methoxy groups -OCH3 is 1. The summed E-state index contributed by atoms with van der Waals surface area (Å²) in [6, 6.07) is 2.42. The summed E-state index contributed by atoms with van der Waals surface area (Å²) in [4.78, 5) is 11.5. The summed E-state index contributed by atoms with van der Waals surface area (Å²) in [7, 11) is -2.35. The maximum atomic E-state index is 12.4. The summed E-state index contributed by atoms with van der Waals surface area (Å²) in [5.74, 6) is -0.583. The minimum atomic E-state index is -3.62. The molecule has 0 radical (unpaired) electrons. The molecule has 4 rings (SSSR count). The second-order valence-corrected chi connectivity index (χ2v) is 8.79. The molecule has 26 heavy (non-hydrogen) atoms. The molecule has 0 saturated carbocycles. The fraction of sp³-hybridized carbons (Fsp3) is 0.500. The van der Waals surface area contributed by atoms with Crippen LogP contribution in [0.5, 0.6) is 0 Å². The van der Waals surface area contributed by atoms with Crippen LogP contribution in [0.4, 0.5) is 0 Å². The van der Waals surface area contributed by atoms with E-state index in [1.165, 1.54) is 18.0 Å². The average Bonchev–Trinajstić information content (AvgIpc) is 3.38. The van der Waals surface area contributed by atoms with Crippen LogP contribution in [0.1, 0.15) is 16.5 Å². The van der Waals surface area contributed by atoms with E-state index in [1.54, 1.807) is 17.5 Å². The Morgan fingerprint density at radius 1 is 1.38 bits per heavy atom. The topological polar surface area (TPSA) is 122 Å². The van der Waals surface area contributed by atoms with Crippen LogP contribution in [0.2, 0.25) is 0 Å². The molecule has 0 bridgehead atoms. The number of fused-ring (bicyclic) bond motifs is 1. The number of sulfonamides is 1. The van der Waals surface area contributed by atoms with E-state index in [0.717, 1.165) is 11.3 Å². The maximum Gasteiger partial charge on any atom is 0.360 e. The fourth-order valence-electron chi connectivity index (χ4n) is 3.12. The second-order valence-electron chi connectivity index (χ2n) is 5.90. The Morgan fingerprint density at radius 2 is 2.19 bits per heavy atom. The molecule has 2 aliphatic heterocycles. The molecule has 2 saturated heterocycles. The smallest absolute Gasteiger partial charge is 0.360 e. The molecular formula is C14H16N4O6S2. The number of esters is 1. The zero-order valence-electron chi connectivity index (χ0n) is 13.6. The highest BCUT2D eigenvalue weighted by molar-refractivity contribution is 7.91. The van der Waals surface area contributed by atoms with Crippen LogP contribution in [-0.2, 0) is 24.2 Å². The molecule has 0 aromatic carbocycles. The van der Waals surface area contributed by atoms with Gasteiger partial charge in [-0.25, -0.2) is 22.6 Å². The van der Waals surface area contributed by atoms with E-state index in [9.17, 15) is 13.2 Å². The van der Waals surface area contributed by atoms with Gasteiger partial charge in [-0.1, -0.05) is 11.3 Å². The Hall–Kier alpha value is -1.86. The van der Waals surface area contributed by atoms with Crippen LogP contribution in [-0.4, -0.2) is 68.0 Å². The predicted octanol–water partition coefficient (Wildman–Crippen LogP) is -0.188. The van der Waals surface area contributed by atoms with Crippen LogP contribution >= 0.6 is 11.3 Å². The quantitative estimate of drug-likeness (QED) is 0.686.